The summed E-state index contributed by atoms with van der Waals surface area (Å²) >= 11 is 0. The summed E-state index contributed by atoms with van der Waals surface area (Å²) in [7, 11) is 1.55. The van der Waals surface area contributed by atoms with Crippen molar-refractivity contribution in [3.63, 3.8) is 0 Å². The zero-order chi connectivity index (χ0) is 21.5. The number of nitrogens with zero attached hydrogens (tertiary/aromatic N) is 5. The average molecular weight is 418 g/mol. The molecular formula is C21H18N6O4. The highest BCUT2D eigenvalue weighted by Crippen LogP contribution is 2.29. The minimum absolute atomic E-state index is 0.209. The first kappa shape index (κ1) is 18.9. The van der Waals surface area contributed by atoms with E-state index < -0.39 is 11.9 Å². The van der Waals surface area contributed by atoms with Gasteiger partial charge in [-0.15, -0.1) is 5.10 Å². The number of rotatable bonds is 4. The maximum absolute atomic E-state index is 12.8. The van der Waals surface area contributed by atoms with E-state index in [1.807, 2.05) is 12.1 Å². The number of carbonyl (C=O) groups is 3. The third-order valence-electron chi connectivity index (χ3n) is 5.50. The summed E-state index contributed by atoms with van der Waals surface area (Å²) in [5.41, 5.74) is 3.57. The van der Waals surface area contributed by atoms with Gasteiger partial charge in [0.2, 0.25) is 17.7 Å². The first-order chi connectivity index (χ1) is 15.0. The summed E-state index contributed by atoms with van der Waals surface area (Å²) in [5.74, 6) is -0.455. The maximum Gasteiger partial charge on any atom is 0.255 e. The molecule has 1 N–H and O–H groups in total. The van der Waals surface area contributed by atoms with E-state index in [9.17, 15) is 14.4 Å². The van der Waals surface area contributed by atoms with Gasteiger partial charge in [0, 0.05) is 36.4 Å². The molecule has 0 aliphatic carbocycles. The van der Waals surface area contributed by atoms with E-state index in [-0.39, 0.29) is 18.2 Å². The molecule has 1 saturated heterocycles. The minimum atomic E-state index is -0.638. The molecule has 10 nitrogen and oxygen atoms in total. The molecule has 0 saturated carbocycles. The quantitative estimate of drug-likeness (QED) is 0.630. The number of benzene rings is 1. The van der Waals surface area contributed by atoms with E-state index in [1.54, 1.807) is 42.4 Å². The molecule has 2 aliphatic rings. The van der Waals surface area contributed by atoms with Crippen molar-refractivity contribution in [3.05, 3.63) is 53.9 Å². The standard InChI is InChI=1S/C21H18N6O4/c1-31-19-9-12(6-7-22-19)16-11-27(25-24-16)14-2-3-15-13(8-14)10-26(21(15)30)17-4-5-18(28)23-20(17)29/h2-3,6-9,11,17H,4-5,10H2,1H3,(H,23,28,29). The predicted molar refractivity (Wildman–Crippen MR) is 107 cm³/mol. The number of carbonyl (C=O) groups excluding carboxylic acids is 3. The number of amides is 3. The molecule has 1 atom stereocenters. The summed E-state index contributed by atoms with van der Waals surface area (Å²) in [6, 6.07) is 8.33. The fraction of sp³-hybridized carbons (Fsp3) is 0.238. The van der Waals surface area contributed by atoms with Crippen LogP contribution >= 0.6 is 0 Å². The fourth-order valence-corrected chi connectivity index (χ4v) is 3.91. The lowest BCUT2D eigenvalue weighted by Crippen LogP contribution is -2.52. The van der Waals surface area contributed by atoms with Crippen molar-refractivity contribution in [1.29, 1.82) is 0 Å². The smallest absolute Gasteiger partial charge is 0.255 e. The number of piperidine rings is 1. The van der Waals surface area contributed by atoms with Crippen LogP contribution in [0.2, 0.25) is 0 Å². The third-order valence-corrected chi connectivity index (χ3v) is 5.50. The Morgan fingerprint density at radius 3 is 2.84 bits per heavy atom. The van der Waals surface area contributed by atoms with Crippen LogP contribution in [0, 0.1) is 0 Å². The van der Waals surface area contributed by atoms with Crippen molar-refractivity contribution >= 4 is 17.7 Å². The molecule has 0 bridgehead atoms. The Hall–Kier alpha value is -4.08. The van der Waals surface area contributed by atoms with E-state index in [0.717, 1.165) is 16.8 Å². The monoisotopic (exact) mass is 418 g/mol. The molecule has 0 radical (unpaired) electrons. The van der Waals surface area contributed by atoms with Crippen molar-refractivity contribution < 1.29 is 19.1 Å². The highest BCUT2D eigenvalue weighted by molar-refractivity contribution is 6.05. The van der Waals surface area contributed by atoms with E-state index >= 15 is 0 Å². The number of ether oxygens (including phenoxy) is 1. The molecule has 1 fully saturated rings. The Labute approximate surface area is 176 Å². The second-order valence-electron chi connectivity index (χ2n) is 7.38. The average Bonchev–Trinajstić information content (AvgIpc) is 3.39. The molecule has 156 valence electrons. The number of fused-ring (bicyclic) bond motifs is 1. The molecule has 2 aliphatic heterocycles. The lowest BCUT2D eigenvalue weighted by atomic mass is 10.0. The number of nitrogens with one attached hydrogen (secondary N) is 1. The van der Waals surface area contributed by atoms with Crippen LogP contribution in [0.3, 0.4) is 0 Å². The number of methoxy groups -OCH3 is 1. The van der Waals surface area contributed by atoms with Crippen molar-refractivity contribution in [2.45, 2.75) is 25.4 Å². The van der Waals surface area contributed by atoms with E-state index in [1.165, 1.54) is 4.90 Å². The van der Waals surface area contributed by atoms with E-state index in [4.69, 9.17) is 4.74 Å². The first-order valence-electron chi connectivity index (χ1n) is 9.74. The second-order valence-corrected chi connectivity index (χ2v) is 7.38. The van der Waals surface area contributed by atoms with Gasteiger partial charge < -0.3 is 9.64 Å². The second kappa shape index (κ2) is 7.31. The lowest BCUT2D eigenvalue weighted by Gasteiger charge is -2.29. The molecular weight excluding hydrogens is 400 g/mol. The first-order valence-corrected chi connectivity index (χ1v) is 9.74. The van der Waals surface area contributed by atoms with Crippen LogP contribution in [0.15, 0.2) is 42.7 Å². The van der Waals surface area contributed by atoms with Crippen molar-refractivity contribution in [1.82, 2.24) is 30.2 Å². The topological polar surface area (TPSA) is 119 Å². The number of hydrogen-bond acceptors (Lipinski definition) is 7. The lowest BCUT2D eigenvalue weighted by molar-refractivity contribution is -0.136. The summed E-state index contributed by atoms with van der Waals surface area (Å²) in [5, 5.41) is 10.7. The van der Waals surface area contributed by atoms with Crippen molar-refractivity contribution in [3.8, 4) is 22.8 Å². The van der Waals surface area contributed by atoms with E-state index in [0.29, 0.717) is 30.1 Å². The minimum Gasteiger partial charge on any atom is -0.481 e. The Balaban J connectivity index is 1.40. The van der Waals surface area contributed by atoms with Gasteiger partial charge in [-0.1, -0.05) is 5.21 Å². The van der Waals surface area contributed by atoms with Crippen LogP contribution in [0.1, 0.15) is 28.8 Å². The summed E-state index contributed by atoms with van der Waals surface area (Å²) in [6.45, 7) is 0.303. The number of hydrogen-bond donors (Lipinski definition) is 1. The SMILES string of the molecule is COc1cc(-c2cn(-c3ccc4c(c3)CN(C3CCC(=O)NC3=O)C4=O)nn2)ccn1. The van der Waals surface area contributed by atoms with Gasteiger partial charge in [-0.3, -0.25) is 19.7 Å². The Bertz CT molecular complexity index is 1220. The van der Waals surface area contributed by atoms with E-state index in [2.05, 4.69) is 20.6 Å². The van der Waals surface area contributed by atoms with Crippen molar-refractivity contribution in [2.24, 2.45) is 0 Å². The van der Waals surface area contributed by atoms with Gasteiger partial charge >= 0.3 is 0 Å². The third kappa shape index (κ3) is 3.31. The van der Waals surface area contributed by atoms with Gasteiger partial charge in [-0.2, -0.15) is 0 Å². The Kier molecular flexibility index (Phi) is 4.46. The summed E-state index contributed by atoms with van der Waals surface area (Å²) in [6.07, 6.45) is 3.98. The largest absolute Gasteiger partial charge is 0.481 e. The molecule has 1 unspecified atom stereocenters. The van der Waals surface area contributed by atoms with Crippen LogP contribution in [0.5, 0.6) is 5.88 Å². The number of aromatic nitrogens is 4. The zero-order valence-corrected chi connectivity index (χ0v) is 16.6. The Morgan fingerprint density at radius 1 is 1.16 bits per heavy atom. The molecule has 5 rings (SSSR count). The molecule has 1 aromatic carbocycles. The highest BCUT2D eigenvalue weighted by Gasteiger charge is 2.39. The molecule has 4 heterocycles. The van der Waals surface area contributed by atoms with Gasteiger partial charge in [0.15, 0.2) is 0 Å². The van der Waals surface area contributed by atoms with Crippen LogP contribution < -0.4 is 10.1 Å². The highest BCUT2D eigenvalue weighted by atomic mass is 16.5. The normalized spacial score (nSPS) is 18.2. The molecule has 0 spiro atoms. The predicted octanol–water partition coefficient (Wildman–Crippen LogP) is 1.10. The molecule has 10 heteroatoms. The van der Waals surface area contributed by atoms with Gasteiger partial charge in [-0.25, -0.2) is 9.67 Å². The van der Waals surface area contributed by atoms with Gasteiger partial charge in [0.1, 0.15) is 11.7 Å². The van der Waals surface area contributed by atoms with Gasteiger partial charge in [0.25, 0.3) is 5.91 Å². The van der Waals surface area contributed by atoms with Crippen LogP contribution in [-0.4, -0.2) is 55.8 Å². The van der Waals surface area contributed by atoms with Crippen molar-refractivity contribution in [2.75, 3.05) is 7.11 Å². The maximum atomic E-state index is 12.8. The van der Waals surface area contributed by atoms with Gasteiger partial charge in [-0.05, 0) is 36.2 Å². The molecule has 3 amide bonds. The summed E-state index contributed by atoms with van der Waals surface area (Å²) < 4.78 is 6.78. The number of imide groups is 1. The number of pyridine rings is 1. The van der Waals surface area contributed by atoms with Crippen LogP contribution in [0.25, 0.3) is 16.9 Å². The Morgan fingerprint density at radius 2 is 2.03 bits per heavy atom. The van der Waals surface area contributed by atoms with Gasteiger partial charge in [0.05, 0.1) is 19.0 Å². The van der Waals surface area contributed by atoms with Crippen LogP contribution in [0.4, 0.5) is 0 Å². The van der Waals surface area contributed by atoms with Crippen LogP contribution in [-0.2, 0) is 16.1 Å². The summed E-state index contributed by atoms with van der Waals surface area (Å²) in [4.78, 5) is 42.1. The molecule has 31 heavy (non-hydrogen) atoms. The molecule has 2 aromatic heterocycles. The molecule has 3 aromatic rings. The fourth-order valence-electron chi connectivity index (χ4n) is 3.91. The zero-order valence-electron chi connectivity index (χ0n) is 16.6.